The van der Waals surface area contributed by atoms with E-state index in [-0.39, 0.29) is 5.92 Å². The Morgan fingerprint density at radius 3 is 2.17 bits per heavy atom. The fourth-order valence-corrected chi connectivity index (χ4v) is 3.75. The molecule has 1 amide bonds. The molecule has 3 rings (SSSR count). The molecule has 0 radical (unpaired) electrons. The van der Waals surface area contributed by atoms with Crippen molar-refractivity contribution in [2.75, 3.05) is 26.2 Å². The molecule has 1 aromatic rings. The molecule has 0 spiro atoms. The van der Waals surface area contributed by atoms with Crippen LogP contribution in [0, 0.1) is 5.92 Å². The number of hydrogen-bond acceptors (Lipinski definition) is 3. The molecule has 1 saturated heterocycles. The van der Waals surface area contributed by atoms with Crippen LogP contribution in [0.1, 0.15) is 48.0 Å². The van der Waals surface area contributed by atoms with Gasteiger partial charge in [0.05, 0.1) is 5.56 Å². The summed E-state index contributed by atoms with van der Waals surface area (Å²) in [7, 11) is 0. The lowest BCUT2D eigenvalue weighted by atomic mass is 9.88. The van der Waals surface area contributed by atoms with Crippen LogP contribution in [0.4, 0.5) is 0 Å². The van der Waals surface area contributed by atoms with E-state index < -0.39 is 5.97 Å². The fraction of sp³-hybridized carbons (Fsp3) is 0.579. The van der Waals surface area contributed by atoms with Crippen molar-refractivity contribution in [1.29, 1.82) is 0 Å². The summed E-state index contributed by atoms with van der Waals surface area (Å²) in [5, 5.41) is 8.94. The second-order valence-corrected chi connectivity index (χ2v) is 6.94. The average Bonchev–Trinajstić information content (AvgIpc) is 2.63. The first kappa shape index (κ1) is 17.0. The Labute approximate surface area is 143 Å². The van der Waals surface area contributed by atoms with Gasteiger partial charge in [0, 0.05) is 38.6 Å². The molecule has 1 aliphatic carbocycles. The quantitative estimate of drug-likeness (QED) is 0.922. The summed E-state index contributed by atoms with van der Waals surface area (Å²) in [6, 6.07) is 7.06. The molecular formula is C19H26N2O3. The number of amides is 1. The van der Waals surface area contributed by atoms with E-state index in [2.05, 4.69) is 4.90 Å². The van der Waals surface area contributed by atoms with Crippen molar-refractivity contribution >= 4 is 11.9 Å². The second-order valence-electron chi connectivity index (χ2n) is 6.94. The molecule has 24 heavy (non-hydrogen) atoms. The van der Waals surface area contributed by atoms with Gasteiger partial charge in [-0.3, -0.25) is 9.69 Å². The third kappa shape index (κ3) is 4.15. The van der Waals surface area contributed by atoms with E-state index in [9.17, 15) is 9.59 Å². The zero-order valence-corrected chi connectivity index (χ0v) is 14.1. The monoisotopic (exact) mass is 330 g/mol. The Hall–Kier alpha value is -1.88. The van der Waals surface area contributed by atoms with E-state index in [1.165, 1.54) is 19.3 Å². The van der Waals surface area contributed by atoms with Crippen LogP contribution in [0.3, 0.4) is 0 Å². The lowest BCUT2D eigenvalue weighted by Crippen LogP contribution is -2.50. The molecule has 0 unspecified atom stereocenters. The van der Waals surface area contributed by atoms with Crippen LogP contribution in [-0.2, 0) is 11.3 Å². The first-order valence-electron chi connectivity index (χ1n) is 8.97. The summed E-state index contributed by atoms with van der Waals surface area (Å²) in [4.78, 5) is 27.8. The number of carbonyl (C=O) groups excluding carboxylic acids is 1. The number of carboxylic acids is 1. The summed E-state index contributed by atoms with van der Waals surface area (Å²) >= 11 is 0. The van der Waals surface area contributed by atoms with Gasteiger partial charge in [0.2, 0.25) is 5.91 Å². The van der Waals surface area contributed by atoms with Crippen molar-refractivity contribution in [1.82, 2.24) is 9.80 Å². The maximum absolute atomic E-state index is 12.6. The smallest absolute Gasteiger partial charge is 0.335 e. The van der Waals surface area contributed by atoms with E-state index in [1.54, 1.807) is 12.1 Å². The van der Waals surface area contributed by atoms with Crippen molar-refractivity contribution in [2.45, 2.75) is 38.6 Å². The van der Waals surface area contributed by atoms with Crippen molar-refractivity contribution < 1.29 is 14.7 Å². The highest BCUT2D eigenvalue weighted by molar-refractivity contribution is 5.87. The summed E-state index contributed by atoms with van der Waals surface area (Å²) in [6.45, 7) is 4.20. The minimum atomic E-state index is -0.892. The number of carboxylic acid groups (broad SMARTS) is 1. The molecule has 1 saturated carbocycles. The van der Waals surface area contributed by atoms with E-state index in [0.29, 0.717) is 11.5 Å². The van der Waals surface area contributed by atoms with Gasteiger partial charge in [-0.15, -0.1) is 0 Å². The minimum absolute atomic E-state index is 0.258. The van der Waals surface area contributed by atoms with Gasteiger partial charge in [0.1, 0.15) is 0 Å². The van der Waals surface area contributed by atoms with Crippen LogP contribution in [0.25, 0.3) is 0 Å². The Kier molecular flexibility index (Phi) is 5.51. The van der Waals surface area contributed by atoms with Crippen molar-refractivity contribution in [3.05, 3.63) is 35.4 Å². The van der Waals surface area contributed by atoms with Gasteiger partial charge in [-0.25, -0.2) is 4.79 Å². The Morgan fingerprint density at radius 1 is 0.958 bits per heavy atom. The van der Waals surface area contributed by atoms with Gasteiger partial charge in [-0.05, 0) is 30.5 Å². The third-order valence-corrected chi connectivity index (χ3v) is 5.25. The molecule has 1 N–H and O–H groups in total. The molecule has 1 aromatic carbocycles. The van der Waals surface area contributed by atoms with E-state index in [4.69, 9.17) is 5.11 Å². The lowest BCUT2D eigenvalue weighted by Gasteiger charge is -2.37. The number of hydrogen-bond donors (Lipinski definition) is 1. The molecule has 1 aliphatic heterocycles. The van der Waals surface area contributed by atoms with Gasteiger partial charge >= 0.3 is 5.97 Å². The van der Waals surface area contributed by atoms with Gasteiger partial charge in [0.15, 0.2) is 0 Å². The highest BCUT2D eigenvalue weighted by Gasteiger charge is 2.28. The molecule has 0 bridgehead atoms. The molecule has 0 atom stereocenters. The van der Waals surface area contributed by atoms with Crippen molar-refractivity contribution in [3.8, 4) is 0 Å². The van der Waals surface area contributed by atoms with Crippen LogP contribution >= 0.6 is 0 Å². The van der Waals surface area contributed by atoms with E-state index in [0.717, 1.165) is 51.1 Å². The van der Waals surface area contributed by atoms with Gasteiger partial charge in [0.25, 0.3) is 0 Å². The predicted molar refractivity (Wildman–Crippen MR) is 91.8 cm³/mol. The van der Waals surface area contributed by atoms with Gasteiger partial charge in [-0.2, -0.15) is 0 Å². The van der Waals surface area contributed by atoms with Gasteiger partial charge in [-0.1, -0.05) is 31.4 Å². The molecule has 2 fully saturated rings. The molecule has 1 heterocycles. The van der Waals surface area contributed by atoms with Gasteiger partial charge < -0.3 is 10.0 Å². The molecule has 0 aromatic heterocycles. The summed E-state index contributed by atoms with van der Waals surface area (Å²) in [5.41, 5.74) is 1.44. The number of carbonyl (C=O) groups is 2. The highest BCUT2D eigenvalue weighted by Crippen LogP contribution is 2.26. The average molecular weight is 330 g/mol. The zero-order chi connectivity index (χ0) is 16.9. The van der Waals surface area contributed by atoms with Crippen LogP contribution < -0.4 is 0 Å². The Morgan fingerprint density at radius 2 is 1.58 bits per heavy atom. The Bertz CT molecular complexity index is 571. The number of aromatic carboxylic acids is 1. The maximum Gasteiger partial charge on any atom is 0.335 e. The summed E-state index contributed by atoms with van der Waals surface area (Å²) in [6.07, 6.45) is 5.80. The molecule has 2 aliphatic rings. The number of rotatable bonds is 4. The fourth-order valence-electron chi connectivity index (χ4n) is 3.75. The van der Waals surface area contributed by atoms with Crippen LogP contribution in [-0.4, -0.2) is 53.0 Å². The summed E-state index contributed by atoms with van der Waals surface area (Å²) in [5.74, 6) is -0.273. The standard InChI is InChI=1S/C19H26N2O3/c22-18(16-4-2-1-3-5-16)21-12-10-20(11-13-21)14-15-6-8-17(9-7-15)19(23)24/h6-9,16H,1-5,10-14H2,(H,23,24). The SMILES string of the molecule is O=C(O)c1ccc(CN2CCN(C(=O)C3CCCCC3)CC2)cc1. The van der Waals surface area contributed by atoms with Crippen molar-refractivity contribution in [3.63, 3.8) is 0 Å². The second kappa shape index (κ2) is 7.79. The van der Waals surface area contributed by atoms with Crippen LogP contribution in [0.15, 0.2) is 24.3 Å². The zero-order valence-electron chi connectivity index (χ0n) is 14.1. The number of benzene rings is 1. The third-order valence-electron chi connectivity index (χ3n) is 5.25. The first-order valence-corrected chi connectivity index (χ1v) is 8.97. The minimum Gasteiger partial charge on any atom is -0.478 e. The van der Waals surface area contributed by atoms with E-state index in [1.807, 2.05) is 17.0 Å². The molecule has 5 heteroatoms. The number of piperazine rings is 1. The molecular weight excluding hydrogens is 304 g/mol. The topological polar surface area (TPSA) is 60.9 Å². The molecule has 130 valence electrons. The largest absolute Gasteiger partial charge is 0.478 e. The highest BCUT2D eigenvalue weighted by atomic mass is 16.4. The van der Waals surface area contributed by atoms with Crippen LogP contribution in [0.2, 0.25) is 0 Å². The van der Waals surface area contributed by atoms with E-state index >= 15 is 0 Å². The lowest BCUT2D eigenvalue weighted by molar-refractivity contribution is -0.138. The number of nitrogens with zero attached hydrogens (tertiary/aromatic N) is 2. The van der Waals surface area contributed by atoms with Crippen molar-refractivity contribution in [2.24, 2.45) is 5.92 Å². The summed E-state index contributed by atoms with van der Waals surface area (Å²) < 4.78 is 0. The predicted octanol–water partition coefficient (Wildman–Crippen LogP) is 2.61. The van der Waals surface area contributed by atoms with Crippen LogP contribution in [0.5, 0.6) is 0 Å². The maximum atomic E-state index is 12.6. The normalized spacial score (nSPS) is 20.1. The Balaban J connectivity index is 1.48. The first-order chi connectivity index (χ1) is 11.6. The molecule has 5 nitrogen and oxygen atoms in total.